The maximum atomic E-state index is 12.0. The van der Waals surface area contributed by atoms with Crippen LogP contribution in [-0.4, -0.2) is 23.0 Å². The zero-order chi connectivity index (χ0) is 14.4. The van der Waals surface area contributed by atoms with Crippen LogP contribution >= 0.6 is 0 Å². The molecular weight excluding hydrogens is 244 g/mol. The third-order valence-corrected chi connectivity index (χ3v) is 3.22. The highest BCUT2D eigenvalue weighted by atomic mass is 16.4. The van der Waals surface area contributed by atoms with E-state index in [1.807, 2.05) is 13.0 Å². The van der Waals surface area contributed by atoms with Gasteiger partial charge in [0.1, 0.15) is 12.1 Å². The summed E-state index contributed by atoms with van der Waals surface area (Å²) in [7, 11) is 0. The predicted octanol–water partition coefficient (Wildman–Crippen LogP) is 1.30. The molecule has 1 rings (SSSR count). The second-order valence-corrected chi connectivity index (χ2v) is 4.60. The van der Waals surface area contributed by atoms with E-state index in [9.17, 15) is 9.59 Å². The van der Waals surface area contributed by atoms with Crippen LogP contribution in [0, 0.1) is 5.92 Å². The van der Waals surface area contributed by atoms with Gasteiger partial charge in [0.2, 0.25) is 5.91 Å². The topological polar surface area (TPSA) is 92.4 Å². The summed E-state index contributed by atoms with van der Waals surface area (Å²) in [5.74, 6) is -1.66. The molecule has 0 aliphatic heterocycles. The van der Waals surface area contributed by atoms with Gasteiger partial charge in [0.05, 0.1) is 0 Å². The number of carbonyl (C=O) groups excluding carboxylic acids is 1. The average molecular weight is 264 g/mol. The zero-order valence-electron chi connectivity index (χ0n) is 11.2. The lowest BCUT2D eigenvalue weighted by Gasteiger charge is -2.22. The summed E-state index contributed by atoms with van der Waals surface area (Å²) < 4.78 is 0. The van der Waals surface area contributed by atoms with Crippen LogP contribution in [0.3, 0.4) is 0 Å². The number of hydrogen-bond donors (Lipinski definition) is 3. The zero-order valence-corrected chi connectivity index (χ0v) is 11.2. The summed E-state index contributed by atoms with van der Waals surface area (Å²) in [6, 6.07) is 7.11. The van der Waals surface area contributed by atoms with E-state index in [0.717, 1.165) is 0 Å². The SMILES string of the molecule is CCC(C)C(NC(=O)[C@@H](N)c1ccccc1)C(=O)O. The fourth-order valence-electron chi connectivity index (χ4n) is 1.74. The largest absolute Gasteiger partial charge is 0.480 e. The maximum absolute atomic E-state index is 12.0. The highest BCUT2D eigenvalue weighted by Crippen LogP contribution is 2.12. The number of nitrogens with two attached hydrogens (primary N) is 1. The van der Waals surface area contributed by atoms with Gasteiger partial charge >= 0.3 is 5.97 Å². The maximum Gasteiger partial charge on any atom is 0.326 e. The Morgan fingerprint density at radius 1 is 1.32 bits per heavy atom. The summed E-state index contributed by atoms with van der Waals surface area (Å²) >= 11 is 0. The van der Waals surface area contributed by atoms with E-state index in [4.69, 9.17) is 10.8 Å². The highest BCUT2D eigenvalue weighted by molar-refractivity contribution is 5.87. The molecule has 0 bridgehead atoms. The van der Waals surface area contributed by atoms with Crippen molar-refractivity contribution < 1.29 is 14.7 Å². The molecule has 1 amide bonds. The van der Waals surface area contributed by atoms with Crippen molar-refractivity contribution in [2.45, 2.75) is 32.4 Å². The third kappa shape index (κ3) is 4.06. The van der Waals surface area contributed by atoms with Gasteiger partial charge in [-0.1, -0.05) is 50.6 Å². The summed E-state index contributed by atoms with van der Waals surface area (Å²) in [5.41, 5.74) is 6.48. The molecular formula is C14H20N2O3. The molecule has 0 aromatic heterocycles. The normalized spacial score (nSPS) is 15.3. The first-order valence-corrected chi connectivity index (χ1v) is 6.31. The van der Waals surface area contributed by atoms with Gasteiger partial charge in [0.15, 0.2) is 0 Å². The van der Waals surface area contributed by atoms with Crippen LogP contribution in [0.2, 0.25) is 0 Å². The van der Waals surface area contributed by atoms with E-state index >= 15 is 0 Å². The Morgan fingerprint density at radius 3 is 2.37 bits per heavy atom. The van der Waals surface area contributed by atoms with Crippen LogP contribution in [0.4, 0.5) is 0 Å². The molecule has 0 aliphatic rings. The van der Waals surface area contributed by atoms with Gasteiger partial charge in [-0.2, -0.15) is 0 Å². The second kappa shape index (κ2) is 6.89. The number of carboxylic acid groups (broad SMARTS) is 1. The smallest absolute Gasteiger partial charge is 0.326 e. The number of amides is 1. The first-order valence-electron chi connectivity index (χ1n) is 6.31. The number of hydrogen-bond acceptors (Lipinski definition) is 3. The predicted molar refractivity (Wildman–Crippen MR) is 72.4 cm³/mol. The van der Waals surface area contributed by atoms with Crippen molar-refractivity contribution in [1.29, 1.82) is 0 Å². The molecule has 0 spiro atoms. The Bertz CT molecular complexity index is 434. The molecule has 3 atom stereocenters. The van der Waals surface area contributed by atoms with E-state index in [0.29, 0.717) is 12.0 Å². The van der Waals surface area contributed by atoms with Gasteiger partial charge in [-0.05, 0) is 11.5 Å². The number of rotatable bonds is 6. The van der Waals surface area contributed by atoms with Crippen molar-refractivity contribution in [3.8, 4) is 0 Å². The van der Waals surface area contributed by atoms with Crippen LogP contribution in [0.5, 0.6) is 0 Å². The van der Waals surface area contributed by atoms with Crippen LogP contribution in [0.25, 0.3) is 0 Å². The van der Waals surface area contributed by atoms with Gasteiger partial charge in [0, 0.05) is 0 Å². The van der Waals surface area contributed by atoms with Crippen molar-refractivity contribution in [3.63, 3.8) is 0 Å². The fourth-order valence-corrected chi connectivity index (χ4v) is 1.74. The van der Waals surface area contributed by atoms with Gasteiger partial charge in [-0.3, -0.25) is 4.79 Å². The highest BCUT2D eigenvalue weighted by Gasteiger charge is 2.27. The standard InChI is InChI=1S/C14H20N2O3/c1-3-9(2)12(14(18)19)16-13(17)11(15)10-7-5-4-6-8-10/h4-9,11-12H,3,15H2,1-2H3,(H,16,17)(H,18,19)/t9?,11-,12?/m0/s1. The summed E-state index contributed by atoms with van der Waals surface area (Å²) in [4.78, 5) is 23.1. The lowest BCUT2D eigenvalue weighted by molar-refractivity contribution is -0.143. The lowest BCUT2D eigenvalue weighted by atomic mass is 9.98. The summed E-state index contributed by atoms with van der Waals surface area (Å²) in [6.45, 7) is 3.66. The number of carbonyl (C=O) groups is 2. The molecule has 4 N–H and O–H groups in total. The van der Waals surface area contributed by atoms with Crippen molar-refractivity contribution in [3.05, 3.63) is 35.9 Å². The molecule has 5 heteroatoms. The monoisotopic (exact) mass is 264 g/mol. The molecule has 19 heavy (non-hydrogen) atoms. The van der Waals surface area contributed by atoms with Crippen LogP contribution in [-0.2, 0) is 9.59 Å². The fraction of sp³-hybridized carbons (Fsp3) is 0.429. The molecule has 1 aromatic carbocycles. The van der Waals surface area contributed by atoms with E-state index in [2.05, 4.69) is 5.32 Å². The molecule has 0 saturated heterocycles. The Hall–Kier alpha value is -1.88. The first kappa shape index (κ1) is 15.2. The van der Waals surface area contributed by atoms with Gasteiger partial charge in [0.25, 0.3) is 0 Å². The van der Waals surface area contributed by atoms with Crippen molar-refractivity contribution in [2.75, 3.05) is 0 Å². The van der Waals surface area contributed by atoms with Crippen molar-refractivity contribution >= 4 is 11.9 Å². The number of aliphatic carboxylic acids is 1. The Morgan fingerprint density at radius 2 is 1.89 bits per heavy atom. The molecule has 0 saturated carbocycles. The molecule has 0 aliphatic carbocycles. The van der Waals surface area contributed by atoms with Crippen LogP contribution in [0.1, 0.15) is 31.9 Å². The van der Waals surface area contributed by atoms with E-state index in [1.54, 1.807) is 31.2 Å². The summed E-state index contributed by atoms with van der Waals surface area (Å²) in [5, 5.41) is 11.6. The second-order valence-electron chi connectivity index (χ2n) is 4.60. The van der Waals surface area contributed by atoms with Gasteiger partial charge in [-0.15, -0.1) is 0 Å². The van der Waals surface area contributed by atoms with E-state index < -0.39 is 24.0 Å². The Balaban J connectivity index is 2.75. The molecule has 0 fully saturated rings. The number of nitrogens with one attached hydrogen (secondary N) is 1. The third-order valence-electron chi connectivity index (χ3n) is 3.22. The Kier molecular flexibility index (Phi) is 5.51. The minimum absolute atomic E-state index is 0.149. The van der Waals surface area contributed by atoms with E-state index in [1.165, 1.54) is 0 Å². The van der Waals surface area contributed by atoms with Crippen molar-refractivity contribution in [2.24, 2.45) is 11.7 Å². The molecule has 0 radical (unpaired) electrons. The first-order chi connectivity index (χ1) is 8.97. The molecule has 2 unspecified atom stereocenters. The summed E-state index contributed by atoms with van der Waals surface area (Å²) in [6.07, 6.45) is 0.665. The minimum atomic E-state index is -1.04. The average Bonchev–Trinajstić information content (AvgIpc) is 2.43. The van der Waals surface area contributed by atoms with Gasteiger partial charge in [-0.25, -0.2) is 4.79 Å². The quantitative estimate of drug-likeness (QED) is 0.722. The van der Waals surface area contributed by atoms with Crippen LogP contribution < -0.4 is 11.1 Å². The molecule has 5 nitrogen and oxygen atoms in total. The van der Waals surface area contributed by atoms with Gasteiger partial charge < -0.3 is 16.2 Å². The van der Waals surface area contributed by atoms with E-state index in [-0.39, 0.29) is 5.92 Å². The minimum Gasteiger partial charge on any atom is -0.480 e. The number of benzene rings is 1. The molecule has 0 heterocycles. The van der Waals surface area contributed by atoms with Crippen molar-refractivity contribution in [1.82, 2.24) is 5.32 Å². The molecule has 1 aromatic rings. The number of carboxylic acids is 1. The lowest BCUT2D eigenvalue weighted by Crippen LogP contribution is -2.48. The molecule has 104 valence electrons. The Labute approximate surface area is 112 Å². The van der Waals surface area contributed by atoms with Crippen LogP contribution in [0.15, 0.2) is 30.3 Å².